The van der Waals surface area contributed by atoms with Gasteiger partial charge in [0.2, 0.25) is 0 Å². The number of aromatic nitrogens is 2. The highest BCUT2D eigenvalue weighted by Gasteiger charge is 2.16. The van der Waals surface area contributed by atoms with Gasteiger partial charge in [-0.2, -0.15) is 0 Å². The lowest BCUT2D eigenvalue weighted by Gasteiger charge is -2.13. The molecule has 2 heterocycles. The fourth-order valence-electron chi connectivity index (χ4n) is 2.93. The van der Waals surface area contributed by atoms with E-state index in [9.17, 15) is 19.5 Å². The molecule has 7 nitrogen and oxygen atoms in total. The van der Waals surface area contributed by atoms with E-state index in [0.717, 1.165) is 4.40 Å². The zero-order chi connectivity index (χ0) is 20.0. The Labute approximate surface area is 162 Å². The average Bonchev–Trinajstić information content (AvgIpc) is 2.68. The Morgan fingerprint density at radius 1 is 1.07 bits per heavy atom. The molecule has 0 saturated heterocycles. The highest BCUT2D eigenvalue weighted by Crippen LogP contribution is 2.23. The average molecular weight is 394 g/mol. The van der Waals surface area contributed by atoms with Crippen molar-refractivity contribution in [1.29, 1.82) is 0 Å². The quantitative estimate of drug-likeness (QED) is 0.423. The number of carboxylic acids is 1. The Hall–Kier alpha value is -3.71. The highest BCUT2D eigenvalue weighted by atomic mass is 35.5. The van der Waals surface area contributed by atoms with Crippen molar-refractivity contribution in [1.82, 2.24) is 9.38 Å². The van der Waals surface area contributed by atoms with Gasteiger partial charge in [0.25, 0.3) is 5.56 Å². The third kappa shape index (κ3) is 2.78. The SMILES string of the molecule is O=C(O)c1ccc2c(=O)n3cc(C(=O)c4ccccc4[O-])cc(Cl)c3nc2c1. The Kier molecular flexibility index (Phi) is 4.09. The number of rotatable bonds is 3. The van der Waals surface area contributed by atoms with Crippen molar-refractivity contribution in [2.24, 2.45) is 0 Å². The van der Waals surface area contributed by atoms with E-state index in [1.54, 1.807) is 6.07 Å². The topological polar surface area (TPSA) is 112 Å². The second kappa shape index (κ2) is 6.47. The first kappa shape index (κ1) is 17.7. The molecule has 138 valence electrons. The van der Waals surface area contributed by atoms with Crippen LogP contribution in [0.4, 0.5) is 0 Å². The molecule has 0 aliphatic carbocycles. The molecule has 0 aliphatic heterocycles. The molecule has 4 rings (SSSR count). The Balaban J connectivity index is 1.97. The molecule has 28 heavy (non-hydrogen) atoms. The third-order valence-electron chi connectivity index (χ3n) is 4.31. The van der Waals surface area contributed by atoms with Crippen molar-refractivity contribution in [3.63, 3.8) is 0 Å². The van der Waals surface area contributed by atoms with Crippen molar-refractivity contribution >= 4 is 39.9 Å². The number of carbonyl (C=O) groups is 2. The van der Waals surface area contributed by atoms with Gasteiger partial charge in [0.05, 0.1) is 21.5 Å². The Morgan fingerprint density at radius 2 is 1.82 bits per heavy atom. The minimum absolute atomic E-state index is 0.0151. The van der Waals surface area contributed by atoms with Crippen LogP contribution >= 0.6 is 11.6 Å². The molecule has 4 aromatic rings. The standard InChI is InChI=1S/C20H11ClN2O5/c21-14-7-11(17(25)13-3-1-2-4-16(13)24)9-23-18(14)22-15-8-10(20(27)28)5-6-12(15)19(23)26/h1-9,24H,(H,27,28)/p-1. The number of benzene rings is 2. The summed E-state index contributed by atoms with van der Waals surface area (Å²) in [5.74, 6) is -2.15. The monoisotopic (exact) mass is 393 g/mol. The molecule has 0 radical (unpaired) electrons. The van der Waals surface area contributed by atoms with Gasteiger partial charge >= 0.3 is 5.97 Å². The van der Waals surface area contributed by atoms with Crippen LogP contribution in [-0.4, -0.2) is 26.2 Å². The summed E-state index contributed by atoms with van der Waals surface area (Å²) >= 11 is 6.24. The summed E-state index contributed by atoms with van der Waals surface area (Å²) in [6.45, 7) is 0. The molecule has 0 unspecified atom stereocenters. The number of pyridine rings is 1. The molecular formula is C20H10ClN2O5-. The van der Waals surface area contributed by atoms with Gasteiger partial charge in [0, 0.05) is 17.3 Å². The summed E-state index contributed by atoms with van der Waals surface area (Å²) in [7, 11) is 0. The molecule has 8 heteroatoms. The maximum Gasteiger partial charge on any atom is 0.335 e. The second-order valence-corrected chi connectivity index (χ2v) is 6.46. The highest BCUT2D eigenvalue weighted by molar-refractivity contribution is 6.34. The predicted octanol–water partition coefficient (Wildman–Crippen LogP) is 2.50. The van der Waals surface area contributed by atoms with Gasteiger partial charge in [0.1, 0.15) is 0 Å². The number of carbonyl (C=O) groups excluding carboxylic acids is 1. The first-order chi connectivity index (χ1) is 13.4. The smallest absolute Gasteiger partial charge is 0.335 e. The van der Waals surface area contributed by atoms with Crippen molar-refractivity contribution < 1.29 is 19.8 Å². The van der Waals surface area contributed by atoms with Crippen LogP contribution in [0.1, 0.15) is 26.3 Å². The van der Waals surface area contributed by atoms with Crippen LogP contribution in [0.5, 0.6) is 5.75 Å². The van der Waals surface area contributed by atoms with Gasteiger partial charge in [-0.25, -0.2) is 9.78 Å². The summed E-state index contributed by atoms with van der Waals surface area (Å²) in [5.41, 5.74) is -0.246. The normalized spacial score (nSPS) is 11.0. The van der Waals surface area contributed by atoms with Crippen LogP contribution in [0.25, 0.3) is 16.6 Å². The van der Waals surface area contributed by atoms with E-state index in [1.807, 2.05) is 0 Å². The number of hydrogen-bond acceptors (Lipinski definition) is 5. The minimum atomic E-state index is -1.15. The van der Waals surface area contributed by atoms with E-state index in [4.69, 9.17) is 16.7 Å². The number of para-hydroxylation sites is 1. The van der Waals surface area contributed by atoms with E-state index in [1.165, 1.54) is 48.7 Å². The first-order valence-electron chi connectivity index (χ1n) is 8.06. The molecule has 2 aromatic carbocycles. The lowest BCUT2D eigenvalue weighted by molar-refractivity contribution is -0.268. The van der Waals surface area contributed by atoms with Crippen LogP contribution in [-0.2, 0) is 0 Å². The summed E-state index contributed by atoms with van der Waals surface area (Å²) < 4.78 is 1.12. The predicted molar refractivity (Wildman–Crippen MR) is 100 cm³/mol. The van der Waals surface area contributed by atoms with Gasteiger partial charge in [-0.15, -0.1) is 0 Å². The second-order valence-electron chi connectivity index (χ2n) is 6.05. The number of ketones is 1. The maximum atomic E-state index is 12.8. The Morgan fingerprint density at radius 3 is 2.54 bits per heavy atom. The molecule has 2 aromatic heterocycles. The fourth-order valence-corrected chi connectivity index (χ4v) is 3.18. The lowest BCUT2D eigenvalue weighted by Crippen LogP contribution is -2.18. The summed E-state index contributed by atoms with van der Waals surface area (Å²) in [4.78, 5) is 40.9. The number of nitrogens with zero attached hydrogens (tertiary/aromatic N) is 2. The summed E-state index contributed by atoms with van der Waals surface area (Å²) in [6, 6.07) is 11.0. The zero-order valence-corrected chi connectivity index (χ0v) is 14.8. The molecule has 1 N–H and O–H groups in total. The van der Waals surface area contributed by atoms with Crippen molar-refractivity contribution in [2.75, 3.05) is 0 Å². The van der Waals surface area contributed by atoms with E-state index >= 15 is 0 Å². The molecular weight excluding hydrogens is 384 g/mol. The molecule has 0 atom stereocenters. The Bertz CT molecular complexity index is 1360. The van der Waals surface area contributed by atoms with Gasteiger partial charge in [-0.05, 0) is 24.3 Å². The van der Waals surface area contributed by atoms with E-state index in [0.29, 0.717) is 0 Å². The first-order valence-corrected chi connectivity index (χ1v) is 8.44. The van der Waals surface area contributed by atoms with Crippen molar-refractivity contribution in [2.45, 2.75) is 0 Å². The molecule has 0 spiro atoms. The van der Waals surface area contributed by atoms with Crippen LogP contribution in [0.2, 0.25) is 5.02 Å². The zero-order valence-electron chi connectivity index (χ0n) is 14.0. The van der Waals surface area contributed by atoms with E-state index < -0.39 is 23.1 Å². The van der Waals surface area contributed by atoms with Crippen LogP contribution in [0.3, 0.4) is 0 Å². The molecule has 0 amide bonds. The maximum absolute atomic E-state index is 12.8. The van der Waals surface area contributed by atoms with Gasteiger partial charge in [-0.3, -0.25) is 14.0 Å². The minimum Gasteiger partial charge on any atom is -0.872 e. The number of halogens is 1. The largest absolute Gasteiger partial charge is 0.872 e. The number of hydrogen-bond donors (Lipinski definition) is 1. The van der Waals surface area contributed by atoms with Gasteiger partial charge in [-0.1, -0.05) is 41.6 Å². The fraction of sp³-hybridized carbons (Fsp3) is 0. The van der Waals surface area contributed by atoms with Crippen LogP contribution < -0.4 is 10.7 Å². The number of carboxylic acid groups (broad SMARTS) is 1. The molecule has 0 bridgehead atoms. The van der Waals surface area contributed by atoms with Gasteiger partial charge < -0.3 is 10.2 Å². The van der Waals surface area contributed by atoms with Crippen LogP contribution in [0, 0.1) is 0 Å². The number of fused-ring (bicyclic) bond motifs is 2. The van der Waals surface area contributed by atoms with Gasteiger partial charge in [0.15, 0.2) is 11.4 Å². The van der Waals surface area contributed by atoms with Crippen molar-refractivity contribution in [3.05, 3.63) is 86.8 Å². The number of aromatic carboxylic acids is 1. The van der Waals surface area contributed by atoms with E-state index in [-0.39, 0.29) is 38.3 Å². The molecule has 0 saturated carbocycles. The summed E-state index contributed by atoms with van der Waals surface area (Å²) in [5, 5.41) is 21.2. The molecule has 0 aliphatic rings. The molecule has 0 fully saturated rings. The summed E-state index contributed by atoms with van der Waals surface area (Å²) in [6.07, 6.45) is 1.27. The van der Waals surface area contributed by atoms with Crippen LogP contribution in [0.15, 0.2) is 59.5 Å². The third-order valence-corrected chi connectivity index (χ3v) is 4.58. The van der Waals surface area contributed by atoms with E-state index in [2.05, 4.69) is 4.98 Å². The lowest BCUT2D eigenvalue weighted by atomic mass is 10.0. The van der Waals surface area contributed by atoms with Crippen molar-refractivity contribution in [3.8, 4) is 5.75 Å².